The average Bonchev–Trinajstić information content (AvgIpc) is 2.73. The van der Waals surface area contributed by atoms with Crippen LogP contribution in [0.25, 0.3) is 5.69 Å². The van der Waals surface area contributed by atoms with E-state index in [2.05, 4.69) is 5.10 Å². The van der Waals surface area contributed by atoms with Crippen LogP contribution in [0.1, 0.15) is 43.6 Å². The lowest BCUT2D eigenvalue weighted by Crippen LogP contribution is -2.44. The minimum atomic E-state index is -0.456. The van der Waals surface area contributed by atoms with E-state index in [0.717, 1.165) is 19.3 Å². The van der Waals surface area contributed by atoms with Crippen LogP contribution in [0.4, 0.5) is 0 Å². The second-order valence-corrected chi connectivity index (χ2v) is 6.95. The summed E-state index contributed by atoms with van der Waals surface area (Å²) in [6.07, 6.45) is 2.92. The highest BCUT2D eigenvalue weighted by atomic mass is 16.5. The lowest BCUT2D eigenvalue weighted by Gasteiger charge is -2.33. The predicted molar refractivity (Wildman–Crippen MR) is 108 cm³/mol. The van der Waals surface area contributed by atoms with Gasteiger partial charge in [0, 0.05) is 30.8 Å². The number of benzene rings is 1. The third kappa shape index (κ3) is 4.36. The summed E-state index contributed by atoms with van der Waals surface area (Å²) in [5, 5.41) is 4.40. The highest BCUT2D eigenvalue weighted by Crippen LogP contribution is 2.27. The molecule has 1 aromatic carbocycles. The van der Waals surface area contributed by atoms with E-state index in [9.17, 15) is 9.59 Å². The summed E-state index contributed by atoms with van der Waals surface area (Å²) in [5.74, 6) is 1.00. The van der Waals surface area contributed by atoms with E-state index < -0.39 is 5.43 Å². The van der Waals surface area contributed by atoms with Gasteiger partial charge in [-0.15, -0.1) is 0 Å². The predicted octanol–water partition coefficient (Wildman–Crippen LogP) is 2.66. The van der Waals surface area contributed by atoms with Crippen molar-refractivity contribution < 1.29 is 19.0 Å². The van der Waals surface area contributed by atoms with Gasteiger partial charge in [-0.3, -0.25) is 9.59 Å². The van der Waals surface area contributed by atoms with Gasteiger partial charge in [-0.25, -0.2) is 0 Å². The quantitative estimate of drug-likeness (QED) is 0.740. The van der Waals surface area contributed by atoms with Gasteiger partial charge in [-0.05, 0) is 33.1 Å². The van der Waals surface area contributed by atoms with Crippen LogP contribution in [-0.2, 0) is 0 Å². The van der Waals surface area contributed by atoms with Crippen molar-refractivity contribution in [2.24, 2.45) is 0 Å². The Bertz CT molecular complexity index is 918. The fraction of sp³-hybridized carbons (Fsp3) is 0.476. The van der Waals surface area contributed by atoms with Crippen LogP contribution in [-0.4, -0.2) is 54.0 Å². The van der Waals surface area contributed by atoms with Crippen LogP contribution < -0.4 is 19.6 Å². The number of hydrogen-bond acceptors (Lipinski definition) is 6. The molecule has 0 radical (unpaired) electrons. The van der Waals surface area contributed by atoms with Crippen molar-refractivity contribution in [1.29, 1.82) is 0 Å². The largest absolute Gasteiger partial charge is 0.497 e. The summed E-state index contributed by atoms with van der Waals surface area (Å²) in [4.78, 5) is 27.5. The van der Waals surface area contributed by atoms with Gasteiger partial charge in [0.05, 0.1) is 32.6 Å². The summed E-state index contributed by atoms with van der Waals surface area (Å²) < 4.78 is 17.7. The van der Waals surface area contributed by atoms with E-state index in [1.165, 1.54) is 10.7 Å². The van der Waals surface area contributed by atoms with Gasteiger partial charge in [-0.1, -0.05) is 0 Å². The SMILES string of the molecule is CCOc1cc(=O)c(C(=O)N2CCCC[C@@H]2C)nn1-c1cc(OC)cc(OC)c1. The number of likely N-dealkylation sites (tertiary alicyclic amines) is 1. The zero-order valence-corrected chi connectivity index (χ0v) is 17.3. The molecule has 1 atom stereocenters. The Morgan fingerprint density at radius 3 is 2.41 bits per heavy atom. The molecule has 29 heavy (non-hydrogen) atoms. The Morgan fingerprint density at radius 1 is 1.14 bits per heavy atom. The molecule has 2 aromatic rings. The molecule has 1 aromatic heterocycles. The second-order valence-electron chi connectivity index (χ2n) is 6.95. The maximum Gasteiger partial charge on any atom is 0.278 e. The monoisotopic (exact) mass is 401 g/mol. The molecule has 0 unspecified atom stereocenters. The first kappa shape index (κ1) is 20.7. The van der Waals surface area contributed by atoms with Gasteiger partial charge < -0.3 is 19.1 Å². The summed E-state index contributed by atoms with van der Waals surface area (Å²) in [6, 6.07) is 6.59. The Morgan fingerprint density at radius 2 is 1.83 bits per heavy atom. The summed E-state index contributed by atoms with van der Waals surface area (Å²) in [6.45, 7) is 4.78. The molecule has 3 rings (SSSR count). The van der Waals surface area contributed by atoms with Crippen molar-refractivity contribution in [2.75, 3.05) is 27.4 Å². The second kappa shape index (κ2) is 8.98. The standard InChI is InChI=1S/C21H27N3O5/c1-5-29-19-13-18(25)20(21(26)23-9-7-6-8-14(23)2)22-24(19)15-10-16(27-3)12-17(11-15)28-4/h10-14H,5-9H2,1-4H3/t14-/m0/s1. The minimum absolute atomic E-state index is 0.0781. The summed E-state index contributed by atoms with van der Waals surface area (Å²) >= 11 is 0. The van der Waals surface area contributed by atoms with Crippen molar-refractivity contribution in [2.45, 2.75) is 39.2 Å². The van der Waals surface area contributed by atoms with Crippen LogP contribution in [0.15, 0.2) is 29.1 Å². The van der Waals surface area contributed by atoms with E-state index in [4.69, 9.17) is 14.2 Å². The Kier molecular flexibility index (Phi) is 6.41. The highest BCUT2D eigenvalue weighted by Gasteiger charge is 2.28. The molecule has 1 aliphatic heterocycles. The first-order valence-electron chi connectivity index (χ1n) is 9.80. The van der Waals surface area contributed by atoms with Crippen LogP contribution in [0.5, 0.6) is 17.4 Å². The molecule has 1 fully saturated rings. The fourth-order valence-corrected chi connectivity index (χ4v) is 3.47. The Balaban J connectivity index is 2.12. The van der Waals surface area contributed by atoms with Crippen molar-refractivity contribution in [3.63, 3.8) is 0 Å². The van der Waals surface area contributed by atoms with E-state index in [0.29, 0.717) is 30.3 Å². The van der Waals surface area contributed by atoms with Crippen LogP contribution in [0.3, 0.4) is 0 Å². The molecular weight excluding hydrogens is 374 g/mol. The average molecular weight is 401 g/mol. The normalized spacial score (nSPS) is 16.4. The molecule has 0 spiro atoms. The number of hydrogen-bond donors (Lipinski definition) is 0. The van der Waals surface area contributed by atoms with Gasteiger partial charge in [-0.2, -0.15) is 9.78 Å². The molecule has 1 amide bonds. The van der Waals surface area contributed by atoms with E-state index in [1.807, 2.05) is 13.8 Å². The van der Waals surface area contributed by atoms with Crippen LogP contribution >= 0.6 is 0 Å². The lowest BCUT2D eigenvalue weighted by molar-refractivity contribution is 0.0625. The maximum atomic E-state index is 13.1. The van der Waals surface area contributed by atoms with E-state index in [1.54, 1.807) is 37.3 Å². The molecule has 1 aliphatic rings. The van der Waals surface area contributed by atoms with Gasteiger partial charge in [0.1, 0.15) is 11.5 Å². The Labute approximate surface area is 170 Å². The molecule has 156 valence electrons. The number of nitrogens with zero attached hydrogens (tertiary/aromatic N) is 3. The number of carbonyl (C=O) groups is 1. The van der Waals surface area contributed by atoms with Gasteiger partial charge in [0.2, 0.25) is 11.3 Å². The summed E-state index contributed by atoms with van der Waals surface area (Å²) in [5.41, 5.74) is -0.0169. The third-order valence-corrected chi connectivity index (χ3v) is 5.04. The minimum Gasteiger partial charge on any atom is -0.497 e. The smallest absolute Gasteiger partial charge is 0.278 e. The summed E-state index contributed by atoms with van der Waals surface area (Å²) in [7, 11) is 3.10. The van der Waals surface area contributed by atoms with Crippen LogP contribution in [0.2, 0.25) is 0 Å². The highest BCUT2D eigenvalue weighted by molar-refractivity contribution is 5.92. The fourth-order valence-electron chi connectivity index (χ4n) is 3.47. The number of rotatable bonds is 6. The van der Waals surface area contributed by atoms with Crippen molar-refractivity contribution in [1.82, 2.24) is 14.7 Å². The van der Waals surface area contributed by atoms with E-state index in [-0.39, 0.29) is 23.5 Å². The number of carbonyl (C=O) groups excluding carboxylic acids is 1. The number of piperidine rings is 1. The van der Waals surface area contributed by atoms with Crippen molar-refractivity contribution in [3.8, 4) is 23.1 Å². The topological polar surface area (TPSA) is 82.9 Å². The Hall–Kier alpha value is -3.03. The number of aromatic nitrogens is 2. The maximum absolute atomic E-state index is 13.1. The third-order valence-electron chi connectivity index (χ3n) is 5.04. The molecule has 0 aliphatic carbocycles. The number of amides is 1. The lowest BCUT2D eigenvalue weighted by atomic mass is 10.0. The van der Waals surface area contributed by atoms with Crippen molar-refractivity contribution >= 4 is 5.91 Å². The molecule has 0 N–H and O–H groups in total. The first-order chi connectivity index (χ1) is 14.0. The molecular formula is C21H27N3O5. The molecule has 0 saturated carbocycles. The molecule has 8 nitrogen and oxygen atoms in total. The zero-order valence-electron chi connectivity index (χ0n) is 17.3. The molecule has 1 saturated heterocycles. The van der Waals surface area contributed by atoms with Gasteiger partial charge in [0.25, 0.3) is 5.91 Å². The van der Waals surface area contributed by atoms with Gasteiger partial charge in [0.15, 0.2) is 5.69 Å². The first-order valence-corrected chi connectivity index (χ1v) is 9.80. The van der Waals surface area contributed by atoms with Gasteiger partial charge >= 0.3 is 0 Å². The van der Waals surface area contributed by atoms with Crippen molar-refractivity contribution in [3.05, 3.63) is 40.2 Å². The molecule has 2 heterocycles. The number of methoxy groups -OCH3 is 2. The number of ether oxygens (including phenoxy) is 3. The van der Waals surface area contributed by atoms with E-state index >= 15 is 0 Å². The molecule has 0 bridgehead atoms. The zero-order chi connectivity index (χ0) is 21.0. The van der Waals surface area contributed by atoms with Crippen LogP contribution in [0, 0.1) is 0 Å². The molecule has 8 heteroatoms.